The van der Waals surface area contributed by atoms with Gasteiger partial charge < -0.3 is 13.8 Å². The van der Waals surface area contributed by atoms with Crippen molar-refractivity contribution in [1.82, 2.24) is 4.90 Å². The zero-order chi connectivity index (χ0) is 18.7. The molecule has 0 spiro atoms. The molecular formula is C18H20N2O5S. The molecule has 0 atom stereocenters. The number of amides is 2. The lowest BCUT2D eigenvalue weighted by Gasteiger charge is -2.17. The quantitative estimate of drug-likeness (QED) is 0.725. The van der Waals surface area contributed by atoms with Gasteiger partial charge in [0.1, 0.15) is 16.4 Å². The van der Waals surface area contributed by atoms with E-state index in [2.05, 4.69) is 0 Å². The maximum atomic E-state index is 12.4. The van der Waals surface area contributed by atoms with Gasteiger partial charge in [-0.2, -0.15) is 8.42 Å². The van der Waals surface area contributed by atoms with Gasteiger partial charge in [-0.3, -0.25) is 4.90 Å². The van der Waals surface area contributed by atoms with Gasteiger partial charge in [-0.25, -0.2) is 4.79 Å². The summed E-state index contributed by atoms with van der Waals surface area (Å²) in [6, 6.07) is 12.3. The number of likely N-dealkylation sites (N-methyl/N-ethyl adjacent to an activating group) is 1. The molecule has 0 radical (unpaired) electrons. The number of rotatable bonds is 6. The van der Waals surface area contributed by atoms with Gasteiger partial charge in [-0.15, -0.1) is 0 Å². The van der Waals surface area contributed by atoms with Crippen LogP contribution in [0, 0.1) is 0 Å². The summed E-state index contributed by atoms with van der Waals surface area (Å²) in [4.78, 5) is 15.6. The monoisotopic (exact) mass is 376 g/mol. The van der Waals surface area contributed by atoms with Crippen molar-refractivity contribution in [3.63, 3.8) is 0 Å². The van der Waals surface area contributed by atoms with Crippen LogP contribution < -0.4 is 13.8 Å². The first kappa shape index (κ1) is 18.1. The molecule has 8 heteroatoms. The molecule has 1 fully saturated rings. The van der Waals surface area contributed by atoms with E-state index in [1.807, 2.05) is 6.92 Å². The number of urea groups is 1. The van der Waals surface area contributed by atoms with Gasteiger partial charge >= 0.3 is 16.1 Å². The molecule has 1 saturated heterocycles. The first-order valence-corrected chi connectivity index (χ1v) is 9.60. The zero-order valence-corrected chi connectivity index (χ0v) is 15.4. The third-order valence-electron chi connectivity index (χ3n) is 4.18. The molecule has 0 N–H and O–H groups in total. The number of carbonyl (C=O) groups excluding carboxylic acids is 1. The fraction of sp³-hybridized carbons (Fsp3) is 0.278. The molecule has 0 aromatic heterocycles. The van der Waals surface area contributed by atoms with Gasteiger partial charge in [-0.1, -0.05) is 0 Å². The minimum atomic E-state index is -3.96. The smallest absolute Gasteiger partial charge is 0.339 e. The number of hydrogen-bond donors (Lipinski definition) is 0. The van der Waals surface area contributed by atoms with Crippen molar-refractivity contribution in [3.8, 4) is 11.5 Å². The second-order valence-corrected chi connectivity index (χ2v) is 7.27. The van der Waals surface area contributed by atoms with Crippen molar-refractivity contribution in [2.45, 2.75) is 11.8 Å². The molecule has 7 nitrogen and oxygen atoms in total. The van der Waals surface area contributed by atoms with Crippen molar-refractivity contribution in [3.05, 3.63) is 48.5 Å². The standard InChI is InChI=1S/C18H20N2O5S/c1-3-19-12-13-20(18(19)21)14-4-10-17(11-5-14)26(22,23)25-16-8-6-15(24-2)7-9-16/h4-11H,3,12-13H2,1-2H3. The highest BCUT2D eigenvalue weighted by Crippen LogP contribution is 2.25. The van der Waals surface area contributed by atoms with Gasteiger partial charge in [-0.05, 0) is 55.5 Å². The van der Waals surface area contributed by atoms with E-state index in [9.17, 15) is 13.2 Å². The molecule has 2 aromatic carbocycles. The topological polar surface area (TPSA) is 76.2 Å². The molecule has 2 amide bonds. The highest BCUT2D eigenvalue weighted by molar-refractivity contribution is 7.87. The molecule has 1 aliphatic rings. The van der Waals surface area contributed by atoms with E-state index in [1.54, 1.807) is 34.1 Å². The first-order chi connectivity index (χ1) is 12.4. The van der Waals surface area contributed by atoms with Crippen molar-refractivity contribution >= 4 is 21.8 Å². The number of ether oxygens (including phenoxy) is 1. The average Bonchev–Trinajstić information content (AvgIpc) is 3.03. The number of carbonyl (C=O) groups is 1. The summed E-state index contributed by atoms with van der Waals surface area (Å²) in [5.74, 6) is 0.804. The van der Waals surface area contributed by atoms with E-state index in [0.29, 0.717) is 31.1 Å². The van der Waals surface area contributed by atoms with Crippen LogP contribution in [-0.2, 0) is 10.1 Å². The minimum Gasteiger partial charge on any atom is -0.497 e. The van der Waals surface area contributed by atoms with Crippen LogP contribution in [0.5, 0.6) is 11.5 Å². The molecule has 0 aliphatic carbocycles. The van der Waals surface area contributed by atoms with Crippen LogP contribution in [0.2, 0.25) is 0 Å². The summed E-state index contributed by atoms with van der Waals surface area (Å²) in [5.41, 5.74) is 0.661. The normalized spacial score (nSPS) is 14.6. The maximum Gasteiger partial charge on any atom is 0.339 e. The lowest BCUT2D eigenvalue weighted by molar-refractivity contribution is 0.223. The number of anilines is 1. The summed E-state index contributed by atoms with van der Waals surface area (Å²) >= 11 is 0. The predicted molar refractivity (Wildman–Crippen MR) is 97.2 cm³/mol. The Labute approximate surface area is 152 Å². The van der Waals surface area contributed by atoms with Crippen molar-refractivity contribution in [2.75, 3.05) is 31.6 Å². The fourth-order valence-electron chi connectivity index (χ4n) is 2.71. The molecule has 0 saturated carbocycles. The summed E-state index contributed by atoms with van der Waals surface area (Å²) in [5, 5.41) is 0. The largest absolute Gasteiger partial charge is 0.497 e. The second-order valence-electron chi connectivity index (χ2n) is 5.72. The Bertz CT molecular complexity index is 879. The maximum absolute atomic E-state index is 12.4. The Morgan fingerprint density at radius 2 is 1.58 bits per heavy atom. The summed E-state index contributed by atoms with van der Waals surface area (Å²) < 4.78 is 35.0. The van der Waals surface area contributed by atoms with Crippen LogP contribution in [0.3, 0.4) is 0 Å². The molecule has 2 aromatic rings. The summed E-state index contributed by atoms with van der Waals surface area (Å²) in [6.07, 6.45) is 0. The second kappa shape index (κ2) is 7.25. The van der Waals surface area contributed by atoms with Crippen LogP contribution in [0.1, 0.15) is 6.92 Å². The Hall–Kier alpha value is -2.74. The third kappa shape index (κ3) is 3.60. The summed E-state index contributed by atoms with van der Waals surface area (Å²) in [7, 11) is -2.43. The third-order valence-corrected chi connectivity index (χ3v) is 5.44. The number of nitrogens with zero attached hydrogens (tertiary/aromatic N) is 2. The SMILES string of the molecule is CCN1CCN(c2ccc(S(=O)(=O)Oc3ccc(OC)cc3)cc2)C1=O. The van der Waals surface area contributed by atoms with Crippen molar-refractivity contribution in [2.24, 2.45) is 0 Å². The van der Waals surface area contributed by atoms with Crippen LogP contribution >= 0.6 is 0 Å². The van der Waals surface area contributed by atoms with E-state index in [0.717, 1.165) is 0 Å². The molecule has 26 heavy (non-hydrogen) atoms. The van der Waals surface area contributed by atoms with Crippen LogP contribution in [-0.4, -0.2) is 46.1 Å². The van der Waals surface area contributed by atoms with E-state index >= 15 is 0 Å². The minimum absolute atomic E-state index is 0.0241. The zero-order valence-electron chi connectivity index (χ0n) is 14.6. The van der Waals surface area contributed by atoms with Gasteiger partial charge in [0.25, 0.3) is 0 Å². The fourth-order valence-corrected chi connectivity index (χ4v) is 3.64. The van der Waals surface area contributed by atoms with E-state index in [-0.39, 0.29) is 16.7 Å². The number of hydrogen-bond acceptors (Lipinski definition) is 5. The molecule has 0 bridgehead atoms. The predicted octanol–water partition coefficient (Wildman–Crippen LogP) is 2.72. The molecular weight excluding hydrogens is 356 g/mol. The Morgan fingerprint density at radius 1 is 0.962 bits per heavy atom. The van der Waals surface area contributed by atoms with Gasteiger partial charge in [0.15, 0.2) is 0 Å². The Morgan fingerprint density at radius 3 is 2.12 bits per heavy atom. The molecule has 0 unspecified atom stereocenters. The number of benzene rings is 2. The van der Waals surface area contributed by atoms with E-state index < -0.39 is 10.1 Å². The molecule has 138 valence electrons. The van der Waals surface area contributed by atoms with E-state index in [4.69, 9.17) is 8.92 Å². The lowest BCUT2D eigenvalue weighted by atomic mass is 10.3. The highest BCUT2D eigenvalue weighted by atomic mass is 32.2. The van der Waals surface area contributed by atoms with Gasteiger partial charge in [0.2, 0.25) is 0 Å². The lowest BCUT2D eigenvalue weighted by Crippen LogP contribution is -2.31. The van der Waals surface area contributed by atoms with Crippen LogP contribution in [0.25, 0.3) is 0 Å². The molecule has 1 heterocycles. The van der Waals surface area contributed by atoms with Gasteiger partial charge in [0.05, 0.1) is 7.11 Å². The van der Waals surface area contributed by atoms with Crippen LogP contribution in [0.4, 0.5) is 10.5 Å². The van der Waals surface area contributed by atoms with Crippen molar-refractivity contribution < 1.29 is 22.1 Å². The first-order valence-electron chi connectivity index (χ1n) is 8.19. The number of methoxy groups -OCH3 is 1. The summed E-state index contributed by atoms with van der Waals surface area (Å²) in [6.45, 7) is 3.82. The van der Waals surface area contributed by atoms with E-state index in [1.165, 1.54) is 31.4 Å². The molecule has 1 aliphatic heterocycles. The Balaban J connectivity index is 1.75. The highest BCUT2D eigenvalue weighted by Gasteiger charge is 2.28. The average molecular weight is 376 g/mol. The molecule has 3 rings (SSSR count). The van der Waals surface area contributed by atoms with Crippen molar-refractivity contribution in [1.29, 1.82) is 0 Å². The Kier molecular flexibility index (Phi) is 5.03. The van der Waals surface area contributed by atoms with Gasteiger partial charge in [0, 0.05) is 25.3 Å². The van der Waals surface area contributed by atoms with Crippen LogP contribution in [0.15, 0.2) is 53.4 Å².